The van der Waals surface area contributed by atoms with Crippen LogP contribution in [0, 0.1) is 5.92 Å². The van der Waals surface area contributed by atoms with Crippen molar-refractivity contribution in [3.8, 4) is 0 Å². The Hall–Kier alpha value is -2.50. The summed E-state index contributed by atoms with van der Waals surface area (Å²) in [5, 5.41) is 0. The average molecular weight is 497 g/mol. The van der Waals surface area contributed by atoms with E-state index in [1.54, 1.807) is 11.5 Å². The Bertz CT molecular complexity index is 1180. The monoisotopic (exact) mass is 496 g/mol. The summed E-state index contributed by atoms with van der Waals surface area (Å²) in [5.74, 6) is -1.03. The predicted octanol–water partition coefficient (Wildman–Crippen LogP) is 2.32. The number of aromatic nitrogens is 4. The molecule has 2 amide bonds. The number of rotatable bonds is 6. The molecule has 2 aromatic heterocycles. The van der Waals surface area contributed by atoms with Crippen molar-refractivity contribution in [2.45, 2.75) is 60.5 Å². The number of aromatic amines is 1. The van der Waals surface area contributed by atoms with Crippen molar-refractivity contribution in [2.75, 3.05) is 14.2 Å². The van der Waals surface area contributed by atoms with Crippen LogP contribution in [0.5, 0.6) is 0 Å². The molecule has 2 aliphatic heterocycles. The van der Waals surface area contributed by atoms with E-state index in [2.05, 4.69) is 15.0 Å². The molecule has 0 aliphatic carbocycles. The number of likely N-dealkylation sites (N-methyl/N-ethyl adjacent to an activating group) is 1. The summed E-state index contributed by atoms with van der Waals surface area (Å²) in [4.78, 5) is 50.0. The largest absolute Gasteiger partial charge is 0.352 e. The first kappa shape index (κ1) is 27.7. The smallest absolute Gasteiger partial charge is 0.278 e. The van der Waals surface area contributed by atoms with Crippen LogP contribution in [0.25, 0.3) is 16.7 Å². The minimum atomic E-state index is -1.60. The Balaban J connectivity index is 0.00000204. The number of ether oxygens (including phenoxy) is 1. The summed E-state index contributed by atoms with van der Waals surface area (Å²) in [6.45, 7) is 5.43. The summed E-state index contributed by atoms with van der Waals surface area (Å²) in [7, 11) is 1.27. The molecule has 5 atom stereocenters. The summed E-state index contributed by atoms with van der Waals surface area (Å²) < 4.78 is 18.9. The minimum absolute atomic E-state index is 0. The number of nitrogens with one attached hydrogen (secondary N) is 1. The number of nitrogens with zero attached hydrogens (tertiary/aromatic N) is 4. The zero-order chi connectivity index (χ0) is 23.3. The minimum Gasteiger partial charge on any atom is -0.352 e. The third-order valence-electron chi connectivity index (χ3n) is 5.94. The maximum absolute atomic E-state index is 12.9. The van der Waals surface area contributed by atoms with Gasteiger partial charge in [0.1, 0.15) is 6.23 Å². The molecular weight excluding hydrogens is 463 g/mol. The van der Waals surface area contributed by atoms with Crippen LogP contribution < -0.4 is 11.1 Å². The van der Waals surface area contributed by atoms with Gasteiger partial charge in [0.05, 0.1) is 24.1 Å². The Morgan fingerprint density at radius 1 is 1.26 bits per heavy atom. The average Bonchev–Trinajstić information content (AvgIpc) is 3.36. The molecule has 0 saturated carbocycles. The van der Waals surface area contributed by atoms with Gasteiger partial charge in [0.25, 0.3) is 25.9 Å². The van der Waals surface area contributed by atoms with Crippen molar-refractivity contribution in [3.63, 3.8) is 0 Å². The highest BCUT2D eigenvalue weighted by molar-refractivity contribution is 7.44. The molecule has 1 fully saturated rings. The zero-order valence-electron chi connectivity index (χ0n) is 18.4. The zero-order valence-corrected chi connectivity index (χ0v) is 19.3. The van der Waals surface area contributed by atoms with E-state index < -0.39 is 38.2 Å². The highest BCUT2D eigenvalue weighted by Gasteiger charge is 2.47. The first-order valence-corrected chi connectivity index (χ1v) is 11.4. The van der Waals surface area contributed by atoms with Crippen LogP contribution >= 0.6 is 8.53 Å². The Morgan fingerprint density at radius 3 is 2.50 bits per heavy atom. The summed E-state index contributed by atoms with van der Waals surface area (Å²) in [6, 6.07) is 0. The molecule has 0 spiro atoms. The van der Waals surface area contributed by atoms with Crippen molar-refractivity contribution in [1.29, 1.82) is 0 Å². The van der Waals surface area contributed by atoms with Gasteiger partial charge in [-0.1, -0.05) is 28.7 Å². The number of hydrogen-bond acceptors (Lipinski definition) is 9. The van der Waals surface area contributed by atoms with Gasteiger partial charge < -0.3 is 18.8 Å². The third kappa shape index (κ3) is 4.20. The van der Waals surface area contributed by atoms with Crippen LogP contribution in [-0.4, -0.2) is 62.6 Å². The molecule has 12 nitrogen and oxygen atoms in total. The van der Waals surface area contributed by atoms with Crippen LogP contribution in [0.1, 0.15) is 54.1 Å². The number of fused-ring (bicyclic) bond motifs is 1. The fraction of sp³-hybridized carbons (Fsp3) is 0.571. The standard InChI is InChI=1S/C19H25N6O6P.2CH4/c1-6-10-13(31-32(20)29-5)9(3)19(30-10)25-14(11-8(2)17(27)24(4)18(11)28)23-12-15(25)21-7-22-16(12)26;;/h7,9-10,13,19H,6,20H2,1-5H3,(H,21,22,26);2*1H4. The van der Waals surface area contributed by atoms with Gasteiger partial charge in [0, 0.05) is 25.6 Å². The fourth-order valence-corrected chi connectivity index (χ4v) is 4.87. The molecule has 13 heteroatoms. The number of nitrogens with two attached hydrogens (primary N) is 1. The van der Waals surface area contributed by atoms with Crippen LogP contribution in [0.2, 0.25) is 0 Å². The van der Waals surface area contributed by atoms with E-state index >= 15 is 0 Å². The van der Waals surface area contributed by atoms with Gasteiger partial charge >= 0.3 is 0 Å². The number of carbonyl (C=O) groups is 2. The first-order valence-electron chi connectivity index (χ1n) is 10.1. The Kier molecular flexibility index (Phi) is 8.49. The van der Waals surface area contributed by atoms with Crippen LogP contribution in [0.15, 0.2) is 16.7 Å². The second kappa shape index (κ2) is 10.4. The molecule has 0 radical (unpaired) electrons. The van der Waals surface area contributed by atoms with Crippen molar-refractivity contribution < 1.29 is 23.4 Å². The molecule has 4 heterocycles. The molecule has 0 bridgehead atoms. The summed E-state index contributed by atoms with van der Waals surface area (Å²) in [6.07, 6.45) is 0.512. The molecule has 1 saturated heterocycles. The second-order valence-electron chi connectivity index (χ2n) is 7.75. The summed E-state index contributed by atoms with van der Waals surface area (Å²) >= 11 is 0. The number of imide groups is 1. The third-order valence-corrected chi connectivity index (χ3v) is 6.75. The van der Waals surface area contributed by atoms with Gasteiger partial charge in [-0.25, -0.2) is 9.97 Å². The van der Waals surface area contributed by atoms with Gasteiger partial charge in [-0.2, -0.15) is 0 Å². The molecular formula is C21H33N6O6P. The van der Waals surface area contributed by atoms with E-state index in [1.807, 2.05) is 13.8 Å². The van der Waals surface area contributed by atoms with Gasteiger partial charge in [0.2, 0.25) is 0 Å². The van der Waals surface area contributed by atoms with Gasteiger partial charge in [-0.15, -0.1) is 0 Å². The molecule has 3 N–H and O–H groups in total. The number of carbonyl (C=O) groups excluding carboxylic acids is 2. The molecule has 2 aromatic rings. The predicted molar refractivity (Wildman–Crippen MR) is 128 cm³/mol. The van der Waals surface area contributed by atoms with Crippen LogP contribution in [0.3, 0.4) is 0 Å². The summed E-state index contributed by atoms with van der Waals surface area (Å²) in [5.41, 5.74) is 6.07. The highest BCUT2D eigenvalue weighted by atomic mass is 31.2. The van der Waals surface area contributed by atoms with Crippen LogP contribution in [0.4, 0.5) is 0 Å². The topological polar surface area (TPSA) is 155 Å². The lowest BCUT2D eigenvalue weighted by atomic mass is 10.0. The number of amides is 2. The maximum Gasteiger partial charge on any atom is 0.278 e. The van der Waals surface area contributed by atoms with Crippen molar-refractivity contribution in [1.82, 2.24) is 24.4 Å². The quantitative estimate of drug-likeness (QED) is 0.453. The van der Waals surface area contributed by atoms with E-state index in [0.29, 0.717) is 6.42 Å². The molecule has 5 unspecified atom stereocenters. The van der Waals surface area contributed by atoms with Crippen molar-refractivity contribution >= 4 is 37.1 Å². The van der Waals surface area contributed by atoms with Gasteiger partial charge in [0.15, 0.2) is 17.0 Å². The first-order chi connectivity index (χ1) is 15.2. The molecule has 4 rings (SSSR count). The number of hydrogen-bond donors (Lipinski definition) is 2. The van der Waals surface area contributed by atoms with Crippen molar-refractivity contribution in [2.24, 2.45) is 11.4 Å². The van der Waals surface area contributed by atoms with E-state index in [0.717, 1.165) is 4.90 Å². The lowest BCUT2D eigenvalue weighted by molar-refractivity contribution is -0.135. The Morgan fingerprint density at radius 2 is 1.94 bits per heavy atom. The van der Waals surface area contributed by atoms with Crippen LogP contribution in [-0.2, 0) is 23.4 Å². The van der Waals surface area contributed by atoms with E-state index in [-0.39, 0.29) is 55.0 Å². The highest BCUT2D eigenvalue weighted by Crippen LogP contribution is 2.45. The van der Waals surface area contributed by atoms with Crippen molar-refractivity contribution in [3.05, 3.63) is 28.1 Å². The van der Waals surface area contributed by atoms with Gasteiger partial charge in [-0.3, -0.25) is 29.4 Å². The lowest BCUT2D eigenvalue weighted by Crippen LogP contribution is -2.28. The van der Waals surface area contributed by atoms with E-state index in [4.69, 9.17) is 19.3 Å². The fourth-order valence-electron chi connectivity index (χ4n) is 4.21. The van der Waals surface area contributed by atoms with E-state index in [1.165, 1.54) is 20.5 Å². The molecule has 0 aromatic carbocycles. The lowest BCUT2D eigenvalue weighted by Gasteiger charge is -2.23. The molecule has 2 aliphatic rings. The Labute approximate surface area is 199 Å². The number of imidazole rings is 1. The molecule has 188 valence electrons. The van der Waals surface area contributed by atoms with E-state index in [9.17, 15) is 14.4 Å². The number of H-pyrrole nitrogens is 1. The SMILES string of the molecule is C.C.CCC1OC(n2c(C3=C(C)C(=O)N(C)C3=O)nc3c(=O)[nH]cnc32)C(C)C1OP(N)OC. The normalized spacial score (nSPS) is 25.6. The molecule has 34 heavy (non-hydrogen) atoms. The van der Waals surface area contributed by atoms with Gasteiger partial charge in [-0.05, 0) is 13.3 Å². The second-order valence-corrected chi connectivity index (χ2v) is 8.90. The maximum atomic E-state index is 12.9.